The van der Waals surface area contributed by atoms with Gasteiger partial charge in [-0.25, -0.2) is 0 Å². The molecular formula is C16H22N4O3. The number of morpholine rings is 1. The van der Waals surface area contributed by atoms with Crippen LogP contribution in [-0.2, 0) is 9.47 Å². The van der Waals surface area contributed by atoms with Gasteiger partial charge in [-0.15, -0.1) is 6.58 Å². The van der Waals surface area contributed by atoms with Crippen LogP contribution in [0.2, 0.25) is 0 Å². The number of hydrogen-bond acceptors (Lipinski definition) is 6. The lowest BCUT2D eigenvalue weighted by Gasteiger charge is -2.43. The van der Waals surface area contributed by atoms with Gasteiger partial charge in [0.2, 0.25) is 0 Å². The van der Waals surface area contributed by atoms with Crippen molar-refractivity contribution in [3.63, 3.8) is 0 Å². The summed E-state index contributed by atoms with van der Waals surface area (Å²) in [5.74, 6) is -0.0397. The molecule has 0 aromatic carbocycles. The topological polar surface area (TPSA) is 67.8 Å². The second-order valence-corrected chi connectivity index (χ2v) is 5.97. The maximum absolute atomic E-state index is 12.7. The van der Waals surface area contributed by atoms with E-state index in [2.05, 4.69) is 21.7 Å². The van der Waals surface area contributed by atoms with Crippen LogP contribution in [0, 0.1) is 0 Å². The fourth-order valence-electron chi connectivity index (χ4n) is 3.12. The van der Waals surface area contributed by atoms with Crippen LogP contribution >= 0.6 is 0 Å². The molecule has 0 bridgehead atoms. The number of aromatic nitrogens is 2. The van der Waals surface area contributed by atoms with Crippen LogP contribution in [0.15, 0.2) is 31.1 Å². The number of ether oxygens (including phenoxy) is 2. The van der Waals surface area contributed by atoms with Crippen LogP contribution in [0.25, 0.3) is 0 Å². The van der Waals surface area contributed by atoms with E-state index < -0.39 is 5.60 Å². The molecule has 124 valence electrons. The molecule has 0 unspecified atom stereocenters. The molecular weight excluding hydrogens is 296 g/mol. The van der Waals surface area contributed by atoms with Gasteiger partial charge in [-0.05, 0) is 6.07 Å². The van der Waals surface area contributed by atoms with Crippen LogP contribution < -0.4 is 0 Å². The first-order chi connectivity index (χ1) is 11.2. The van der Waals surface area contributed by atoms with Crippen molar-refractivity contribution in [2.24, 2.45) is 0 Å². The molecule has 1 atom stereocenters. The van der Waals surface area contributed by atoms with Crippen LogP contribution in [-0.4, -0.2) is 84.0 Å². The van der Waals surface area contributed by atoms with Crippen molar-refractivity contribution in [2.75, 3.05) is 52.5 Å². The van der Waals surface area contributed by atoms with Crippen LogP contribution in [0.3, 0.4) is 0 Å². The molecule has 1 spiro atoms. The van der Waals surface area contributed by atoms with Gasteiger partial charge in [0.05, 0.1) is 44.3 Å². The molecule has 0 N–H and O–H groups in total. The Morgan fingerprint density at radius 1 is 1.35 bits per heavy atom. The Morgan fingerprint density at radius 3 is 3.04 bits per heavy atom. The first-order valence-corrected chi connectivity index (χ1v) is 7.83. The summed E-state index contributed by atoms with van der Waals surface area (Å²) in [5.41, 5.74) is 0.0722. The first-order valence-electron chi connectivity index (χ1n) is 7.83. The number of rotatable bonds is 3. The lowest BCUT2D eigenvalue weighted by atomic mass is 10.0. The molecule has 2 aliphatic heterocycles. The lowest BCUT2D eigenvalue weighted by molar-refractivity contribution is -0.132. The molecule has 2 aliphatic rings. The summed E-state index contributed by atoms with van der Waals surface area (Å²) in [5, 5.41) is 7.50. The average Bonchev–Trinajstić information content (AvgIpc) is 2.77. The molecule has 1 amide bonds. The number of amides is 1. The highest BCUT2D eigenvalue weighted by Gasteiger charge is 2.41. The zero-order chi connectivity index (χ0) is 16.1. The van der Waals surface area contributed by atoms with E-state index in [-0.39, 0.29) is 5.91 Å². The monoisotopic (exact) mass is 318 g/mol. The standard InChI is InChI=1S/C16H22N4O3/c1-2-5-19-6-8-22-13-16(11-19)12-20(7-9-23-16)15(21)14-3-4-17-18-10-14/h2-4,10H,1,5-9,11-13H2/t16-/m1/s1. The molecule has 0 radical (unpaired) electrons. The summed E-state index contributed by atoms with van der Waals surface area (Å²) >= 11 is 0. The van der Waals surface area contributed by atoms with E-state index in [4.69, 9.17) is 9.47 Å². The fraction of sp³-hybridized carbons (Fsp3) is 0.562. The summed E-state index contributed by atoms with van der Waals surface area (Å²) in [6.45, 7) is 8.94. The van der Waals surface area contributed by atoms with Crippen molar-refractivity contribution in [1.29, 1.82) is 0 Å². The lowest BCUT2D eigenvalue weighted by Crippen LogP contribution is -2.59. The minimum absolute atomic E-state index is 0.0397. The maximum atomic E-state index is 12.7. The zero-order valence-corrected chi connectivity index (χ0v) is 13.2. The van der Waals surface area contributed by atoms with Gasteiger partial charge >= 0.3 is 0 Å². The Bertz CT molecular complexity index is 554. The predicted octanol–water partition coefficient (Wildman–Crippen LogP) is 0.206. The van der Waals surface area contributed by atoms with Gasteiger partial charge in [-0.2, -0.15) is 10.2 Å². The Kier molecular flexibility index (Phi) is 5.00. The summed E-state index contributed by atoms with van der Waals surface area (Å²) in [6, 6.07) is 1.69. The van der Waals surface area contributed by atoms with E-state index in [0.29, 0.717) is 38.5 Å². The molecule has 0 saturated carbocycles. The maximum Gasteiger partial charge on any atom is 0.255 e. The van der Waals surface area contributed by atoms with E-state index in [9.17, 15) is 4.79 Å². The highest BCUT2D eigenvalue weighted by Crippen LogP contribution is 2.23. The van der Waals surface area contributed by atoms with Crippen molar-refractivity contribution < 1.29 is 14.3 Å². The third kappa shape index (κ3) is 3.74. The molecule has 2 saturated heterocycles. The Balaban J connectivity index is 1.73. The van der Waals surface area contributed by atoms with Crippen molar-refractivity contribution in [2.45, 2.75) is 5.60 Å². The molecule has 7 nitrogen and oxygen atoms in total. The van der Waals surface area contributed by atoms with Crippen LogP contribution in [0.1, 0.15) is 10.4 Å². The molecule has 1 aromatic heterocycles. The minimum atomic E-state index is -0.478. The summed E-state index contributed by atoms with van der Waals surface area (Å²) in [7, 11) is 0. The van der Waals surface area contributed by atoms with E-state index in [0.717, 1.165) is 19.6 Å². The Hall–Kier alpha value is -1.83. The van der Waals surface area contributed by atoms with Gasteiger partial charge in [0.1, 0.15) is 5.60 Å². The number of carbonyl (C=O) groups is 1. The van der Waals surface area contributed by atoms with Gasteiger partial charge in [0, 0.05) is 26.2 Å². The zero-order valence-electron chi connectivity index (χ0n) is 13.2. The van der Waals surface area contributed by atoms with Crippen molar-refractivity contribution >= 4 is 5.91 Å². The van der Waals surface area contributed by atoms with Gasteiger partial charge < -0.3 is 14.4 Å². The minimum Gasteiger partial charge on any atom is -0.377 e. The van der Waals surface area contributed by atoms with Crippen molar-refractivity contribution in [1.82, 2.24) is 20.0 Å². The van der Waals surface area contributed by atoms with E-state index >= 15 is 0 Å². The molecule has 0 aliphatic carbocycles. The SMILES string of the molecule is C=CCN1CCOC[C@@]2(C1)CN(C(=O)c1ccnnc1)CCO2. The first kappa shape index (κ1) is 16.0. The number of nitrogens with zero attached hydrogens (tertiary/aromatic N) is 4. The highest BCUT2D eigenvalue weighted by molar-refractivity contribution is 5.93. The molecule has 3 rings (SSSR count). The number of carbonyl (C=O) groups excluding carboxylic acids is 1. The van der Waals surface area contributed by atoms with Gasteiger partial charge in [-0.3, -0.25) is 9.69 Å². The van der Waals surface area contributed by atoms with Crippen LogP contribution in [0.5, 0.6) is 0 Å². The Morgan fingerprint density at radius 2 is 2.26 bits per heavy atom. The molecule has 3 heterocycles. The van der Waals surface area contributed by atoms with Crippen molar-refractivity contribution in [3.05, 3.63) is 36.7 Å². The molecule has 7 heteroatoms. The third-order valence-electron chi connectivity index (χ3n) is 4.18. The van der Waals surface area contributed by atoms with E-state index in [1.165, 1.54) is 12.4 Å². The summed E-state index contributed by atoms with van der Waals surface area (Å²) in [4.78, 5) is 16.7. The van der Waals surface area contributed by atoms with E-state index in [1.807, 2.05) is 11.0 Å². The summed E-state index contributed by atoms with van der Waals surface area (Å²) < 4.78 is 11.8. The largest absolute Gasteiger partial charge is 0.377 e. The normalized spacial score (nSPS) is 26.0. The number of hydrogen-bond donors (Lipinski definition) is 0. The Labute approximate surface area is 135 Å². The average molecular weight is 318 g/mol. The molecule has 23 heavy (non-hydrogen) atoms. The third-order valence-corrected chi connectivity index (χ3v) is 4.18. The van der Waals surface area contributed by atoms with E-state index in [1.54, 1.807) is 6.07 Å². The van der Waals surface area contributed by atoms with Gasteiger partial charge in [0.15, 0.2) is 0 Å². The summed E-state index contributed by atoms with van der Waals surface area (Å²) in [6.07, 6.45) is 4.91. The van der Waals surface area contributed by atoms with Crippen LogP contribution in [0.4, 0.5) is 0 Å². The smallest absolute Gasteiger partial charge is 0.255 e. The fourth-order valence-corrected chi connectivity index (χ4v) is 3.12. The highest BCUT2D eigenvalue weighted by atomic mass is 16.5. The second kappa shape index (κ2) is 7.16. The molecule has 1 aromatic rings. The second-order valence-electron chi connectivity index (χ2n) is 5.97. The quantitative estimate of drug-likeness (QED) is 0.742. The molecule has 2 fully saturated rings. The van der Waals surface area contributed by atoms with Gasteiger partial charge in [0.25, 0.3) is 5.91 Å². The van der Waals surface area contributed by atoms with Gasteiger partial charge in [-0.1, -0.05) is 6.08 Å². The van der Waals surface area contributed by atoms with Crippen molar-refractivity contribution in [3.8, 4) is 0 Å². The predicted molar refractivity (Wildman–Crippen MR) is 84.1 cm³/mol.